The van der Waals surface area contributed by atoms with Crippen molar-refractivity contribution in [2.45, 2.75) is 0 Å². The lowest BCUT2D eigenvalue weighted by molar-refractivity contribution is 0.673. The number of fused-ring (bicyclic) bond motifs is 10. The highest BCUT2D eigenvalue weighted by molar-refractivity contribution is 7.25. The van der Waals surface area contributed by atoms with Crippen LogP contribution in [0.1, 0.15) is 0 Å². The van der Waals surface area contributed by atoms with E-state index in [4.69, 9.17) is 4.42 Å². The summed E-state index contributed by atoms with van der Waals surface area (Å²) in [5, 5.41) is 12.3. The average molecular weight is 577 g/mol. The van der Waals surface area contributed by atoms with Crippen LogP contribution in [0.2, 0.25) is 0 Å². The molecule has 0 saturated heterocycles. The molecule has 0 saturated carbocycles. The molecule has 0 unspecified atom stereocenters. The Kier molecular flexibility index (Phi) is 4.94. The van der Waals surface area contributed by atoms with E-state index >= 15 is 0 Å². The summed E-state index contributed by atoms with van der Waals surface area (Å²) in [6, 6.07) is 53.1. The highest BCUT2D eigenvalue weighted by atomic mass is 32.1. The zero-order valence-corrected chi connectivity index (χ0v) is 24.5. The number of hydrogen-bond donors (Lipinski definition) is 0. The molecule has 2 aromatic heterocycles. The van der Waals surface area contributed by atoms with Crippen LogP contribution < -0.4 is 0 Å². The first-order chi connectivity index (χ1) is 21.8. The second kappa shape index (κ2) is 9.03. The van der Waals surface area contributed by atoms with Gasteiger partial charge in [-0.1, -0.05) is 109 Å². The second-order valence-electron chi connectivity index (χ2n) is 11.6. The SMILES string of the molecule is c1ccc2c(c1)ccc1c3ccc(-c4c5ccccc5c(-c5ccc6sc7ccccc7c6c5)c5ccccc45)cc3oc21. The lowest BCUT2D eigenvalue weighted by atomic mass is 9.85. The topological polar surface area (TPSA) is 13.1 Å². The summed E-state index contributed by atoms with van der Waals surface area (Å²) in [5.74, 6) is 0. The predicted molar refractivity (Wildman–Crippen MR) is 190 cm³/mol. The predicted octanol–water partition coefficient (Wildman–Crippen LogP) is 12.7. The van der Waals surface area contributed by atoms with Crippen molar-refractivity contribution in [3.8, 4) is 22.3 Å². The number of hydrogen-bond acceptors (Lipinski definition) is 2. The Morgan fingerprint density at radius 3 is 1.64 bits per heavy atom. The van der Waals surface area contributed by atoms with Crippen molar-refractivity contribution in [3.63, 3.8) is 0 Å². The molecule has 2 heteroatoms. The van der Waals surface area contributed by atoms with Crippen molar-refractivity contribution < 1.29 is 4.42 Å². The van der Waals surface area contributed by atoms with Gasteiger partial charge in [0.15, 0.2) is 0 Å². The molecular weight excluding hydrogens is 553 g/mol. The van der Waals surface area contributed by atoms with Crippen LogP contribution in [0.3, 0.4) is 0 Å². The van der Waals surface area contributed by atoms with Gasteiger partial charge in [0.2, 0.25) is 0 Å². The highest BCUT2D eigenvalue weighted by Gasteiger charge is 2.19. The molecule has 10 rings (SSSR count). The molecule has 0 aliphatic rings. The van der Waals surface area contributed by atoms with Crippen LogP contribution in [-0.4, -0.2) is 0 Å². The van der Waals surface area contributed by atoms with Crippen LogP contribution in [0.4, 0.5) is 0 Å². The van der Waals surface area contributed by atoms with E-state index in [1.165, 1.54) is 69.4 Å². The minimum atomic E-state index is 0.917. The molecule has 0 N–H and O–H groups in total. The van der Waals surface area contributed by atoms with Crippen LogP contribution >= 0.6 is 11.3 Å². The van der Waals surface area contributed by atoms with Gasteiger partial charge in [-0.05, 0) is 85.6 Å². The Morgan fingerprint density at radius 1 is 0.364 bits per heavy atom. The molecule has 0 aliphatic carbocycles. The van der Waals surface area contributed by atoms with Crippen LogP contribution in [0.5, 0.6) is 0 Å². The lowest BCUT2D eigenvalue weighted by Gasteiger charge is -2.18. The molecule has 1 nitrogen and oxygen atoms in total. The summed E-state index contributed by atoms with van der Waals surface area (Å²) in [6.45, 7) is 0. The Morgan fingerprint density at radius 2 is 0.909 bits per heavy atom. The molecule has 0 atom stereocenters. The van der Waals surface area contributed by atoms with Crippen LogP contribution in [0, 0.1) is 0 Å². The van der Waals surface area contributed by atoms with Gasteiger partial charge in [0, 0.05) is 36.3 Å². The third-order valence-electron chi connectivity index (χ3n) is 9.25. The molecule has 0 radical (unpaired) electrons. The molecule has 0 aliphatic heterocycles. The number of furan rings is 1. The number of thiophene rings is 1. The molecule has 8 aromatic carbocycles. The fraction of sp³-hybridized carbons (Fsp3) is 0. The summed E-state index contributed by atoms with van der Waals surface area (Å²) < 4.78 is 9.27. The van der Waals surface area contributed by atoms with E-state index in [-0.39, 0.29) is 0 Å². The Balaban J connectivity index is 1.26. The van der Waals surface area contributed by atoms with E-state index in [1.54, 1.807) is 0 Å². The van der Waals surface area contributed by atoms with Crippen molar-refractivity contribution in [2.24, 2.45) is 0 Å². The quantitative estimate of drug-likeness (QED) is 0.187. The lowest BCUT2D eigenvalue weighted by Crippen LogP contribution is -1.90. The summed E-state index contributed by atoms with van der Waals surface area (Å²) in [7, 11) is 0. The molecule has 0 spiro atoms. The van der Waals surface area contributed by atoms with Gasteiger partial charge >= 0.3 is 0 Å². The van der Waals surface area contributed by atoms with Crippen molar-refractivity contribution >= 4 is 85.8 Å². The van der Waals surface area contributed by atoms with Crippen LogP contribution in [-0.2, 0) is 0 Å². The monoisotopic (exact) mass is 576 g/mol. The van der Waals surface area contributed by atoms with Gasteiger partial charge in [-0.2, -0.15) is 0 Å². The standard InChI is InChI=1S/C42H24OS/c1-2-10-28-25(9-1)17-21-35-29-20-18-27(24-37(29)43-42(28)35)41-33-14-5-3-12-31(33)40(32-13-4-6-15-34(32)41)26-19-22-39-36(23-26)30-11-7-8-16-38(30)44-39/h1-24H. The maximum absolute atomic E-state index is 6.61. The van der Waals surface area contributed by atoms with Crippen molar-refractivity contribution in [3.05, 3.63) is 146 Å². The molecule has 204 valence electrons. The maximum atomic E-state index is 6.61. The van der Waals surface area contributed by atoms with Gasteiger partial charge in [-0.25, -0.2) is 0 Å². The molecule has 10 aromatic rings. The van der Waals surface area contributed by atoms with Gasteiger partial charge in [0.05, 0.1) is 0 Å². The van der Waals surface area contributed by atoms with Crippen molar-refractivity contribution in [1.29, 1.82) is 0 Å². The second-order valence-corrected chi connectivity index (χ2v) is 12.7. The van der Waals surface area contributed by atoms with E-state index < -0.39 is 0 Å². The van der Waals surface area contributed by atoms with Gasteiger partial charge in [0.25, 0.3) is 0 Å². The van der Waals surface area contributed by atoms with E-state index in [1.807, 2.05) is 11.3 Å². The Hall–Kier alpha value is -5.44. The van der Waals surface area contributed by atoms with E-state index in [0.717, 1.165) is 27.3 Å². The summed E-state index contributed by atoms with van der Waals surface area (Å²) in [6.07, 6.45) is 0. The minimum Gasteiger partial charge on any atom is -0.455 e. The summed E-state index contributed by atoms with van der Waals surface area (Å²) >= 11 is 1.87. The van der Waals surface area contributed by atoms with Gasteiger partial charge < -0.3 is 4.42 Å². The van der Waals surface area contributed by atoms with E-state index in [9.17, 15) is 0 Å². The first-order valence-corrected chi connectivity index (χ1v) is 15.8. The first kappa shape index (κ1) is 24.0. The van der Waals surface area contributed by atoms with E-state index in [0.29, 0.717) is 0 Å². The Labute approximate surface area is 257 Å². The Bertz CT molecular complexity index is 2720. The first-order valence-electron chi connectivity index (χ1n) is 15.0. The van der Waals surface area contributed by atoms with Crippen LogP contribution in [0.15, 0.2) is 150 Å². The van der Waals surface area contributed by atoms with E-state index in [2.05, 4.69) is 146 Å². The number of rotatable bonds is 2. The molecule has 0 bridgehead atoms. The molecule has 0 fully saturated rings. The van der Waals surface area contributed by atoms with Crippen molar-refractivity contribution in [2.75, 3.05) is 0 Å². The minimum absolute atomic E-state index is 0.917. The van der Waals surface area contributed by atoms with Crippen molar-refractivity contribution in [1.82, 2.24) is 0 Å². The fourth-order valence-electron chi connectivity index (χ4n) is 7.29. The van der Waals surface area contributed by atoms with Gasteiger partial charge in [0.1, 0.15) is 11.2 Å². The maximum Gasteiger partial charge on any atom is 0.143 e. The third kappa shape index (κ3) is 3.35. The molecule has 0 amide bonds. The number of benzene rings is 8. The third-order valence-corrected chi connectivity index (χ3v) is 10.4. The van der Waals surface area contributed by atoms with Gasteiger partial charge in [-0.15, -0.1) is 11.3 Å². The largest absolute Gasteiger partial charge is 0.455 e. The summed E-state index contributed by atoms with van der Waals surface area (Å²) in [4.78, 5) is 0. The van der Waals surface area contributed by atoms with Crippen LogP contribution in [0.25, 0.3) is 96.7 Å². The average Bonchev–Trinajstić information content (AvgIpc) is 3.65. The molecule has 44 heavy (non-hydrogen) atoms. The molecular formula is C42H24OS. The molecule has 2 heterocycles. The van der Waals surface area contributed by atoms with Gasteiger partial charge in [-0.3, -0.25) is 0 Å². The normalized spacial score (nSPS) is 12.1. The highest BCUT2D eigenvalue weighted by Crippen LogP contribution is 2.46. The fourth-order valence-corrected chi connectivity index (χ4v) is 8.38. The summed E-state index contributed by atoms with van der Waals surface area (Å²) in [5.41, 5.74) is 6.82. The zero-order chi connectivity index (χ0) is 28.8. The smallest absolute Gasteiger partial charge is 0.143 e. The zero-order valence-electron chi connectivity index (χ0n) is 23.7.